The van der Waals surface area contributed by atoms with Crippen LogP contribution in [0, 0.1) is 0 Å². The van der Waals surface area contributed by atoms with Gasteiger partial charge < -0.3 is 5.11 Å². The Morgan fingerprint density at radius 1 is 0.824 bits per heavy atom. The predicted molar refractivity (Wildman–Crippen MR) is 120 cm³/mol. The number of carbonyl (C=O) groups excluding carboxylic acids is 2. The van der Waals surface area contributed by atoms with Crippen molar-refractivity contribution in [1.82, 2.24) is 0 Å². The number of alkyl halides is 3. The second-order valence-corrected chi connectivity index (χ2v) is 7.37. The van der Waals surface area contributed by atoms with Crippen LogP contribution in [-0.2, 0) is 6.18 Å². The number of amides is 4. The largest absolute Gasteiger partial charge is 0.478 e. The molecule has 0 saturated carbocycles. The molecule has 0 radical (unpaired) electrons. The van der Waals surface area contributed by atoms with E-state index in [2.05, 4.69) is 0 Å². The second-order valence-electron chi connectivity index (χ2n) is 7.37. The molecular formula is C24H18F3N3O4. The van der Waals surface area contributed by atoms with E-state index in [0.29, 0.717) is 0 Å². The van der Waals surface area contributed by atoms with Crippen LogP contribution in [0.15, 0.2) is 72.8 Å². The highest BCUT2D eigenvalue weighted by Crippen LogP contribution is 2.43. The SMILES string of the molecule is CCN1C(=O)N(c2cccc(C(=O)O)c2)C(=O)N(c2ccccc2)c2cc(C(F)(F)F)ccc21. The van der Waals surface area contributed by atoms with Crippen LogP contribution in [0.3, 0.4) is 0 Å². The Hall–Kier alpha value is -4.34. The number of carboxylic acid groups (broad SMARTS) is 1. The van der Waals surface area contributed by atoms with E-state index in [-0.39, 0.29) is 34.9 Å². The Balaban J connectivity index is 1.99. The summed E-state index contributed by atoms with van der Waals surface area (Å²) in [4.78, 5) is 41.7. The number of imide groups is 1. The first-order valence-electron chi connectivity index (χ1n) is 10.2. The summed E-state index contributed by atoms with van der Waals surface area (Å²) >= 11 is 0. The van der Waals surface area contributed by atoms with Crippen molar-refractivity contribution in [3.63, 3.8) is 0 Å². The molecule has 1 aliphatic rings. The maximum absolute atomic E-state index is 13.8. The Morgan fingerprint density at radius 2 is 1.50 bits per heavy atom. The van der Waals surface area contributed by atoms with Crippen LogP contribution in [0.5, 0.6) is 0 Å². The number of para-hydroxylation sites is 1. The van der Waals surface area contributed by atoms with Gasteiger partial charge in [0.15, 0.2) is 0 Å². The Kier molecular flexibility index (Phi) is 5.74. The lowest BCUT2D eigenvalue weighted by atomic mass is 10.1. The average molecular weight is 469 g/mol. The maximum Gasteiger partial charge on any atom is 0.416 e. The molecule has 4 amide bonds. The third-order valence-corrected chi connectivity index (χ3v) is 5.32. The molecule has 0 bridgehead atoms. The van der Waals surface area contributed by atoms with Gasteiger partial charge in [-0.25, -0.2) is 19.3 Å². The quantitative estimate of drug-likeness (QED) is 0.499. The van der Waals surface area contributed by atoms with Gasteiger partial charge in [-0.05, 0) is 55.5 Å². The van der Waals surface area contributed by atoms with E-state index in [9.17, 15) is 32.7 Å². The Morgan fingerprint density at radius 3 is 2.12 bits per heavy atom. The summed E-state index contributed by atoms with van der Waals surface area (Å²) in [5, 5.41) is 9.36. The van der Waals surface area contributed by atoms with Crippen molar-refractivity contribution in [1.29, 1.82) is 0 Å². The zero-order valence-corrected chi connectivity index (χ0v) is 17.8. The van der Waals surface area contributed by atoms with Gasteiger partial charge in [0, 0.05) is 6.54 Å². The summed E-state index contributed by atoms with van der Waals surface area (Å²) in [7, 11) is 0. The van der Waals surface area contributed by atoms with Crippen molar-refractivity contribution in [3.8, 4) is 0 Å². The number of hydrogen-bond donors (Lipinski definition) is 1. The standard InChI is InChI=1S/C24H18F3N3O4/c1-2-28-19-12-11-16(24(25,26)27)14-20(19)29(17-8-4-3-5-9-17)23(34)30(22(28)33)18-10-6-7-15(13-18)21(31)32/h3-14H,2H2,1H3,(H,31,32). The molecule has 1 N–H and O–H groups in total. The van der Waals surface area contributed by atoms with E-state index in [1.165, 1.54) is 35.2 Å². The van der Waals surface area contributed by atoms with Crippen LogP contribution in [-0.4, -0.2) is 29.7 Å². The first-order chi connectivity index (χ1) is 16.1. The van der Waals surface area contributed by atoms with Crippen LogP contribution in [0.1, 0.15) is 22.8 Å². The minimum atomic E-state index is -4.68. The minimum absolute atomic E-state index is 0.0295. The van der Waals surface area contributed by atoms with Gasteiger partial charge in [0.05, 0.1) is 33.9 Å². The zero-order valence-electron chi connectivity index (χ0n) is 17.8. The molecule has 0 saturated heterocycles. The van der Waals surface area contributed by atoms with E-state index in [1.54, 1.807) is 25.1 Å². The van der Waals surface area contributed by atoms with E-state index >= 15 is 0 Å². The number of fused-ring (bicyclic) bond motifs is 1. The van der Waals surface area contributed by atoms with Gasteiger partial charge in [0.25, 0.3) is 0 Å². The third kappa shape index (κ3) is 3.94. The number of urea groups is 2. The molecule has 1 aliphatic heterocycles. The molecule has 3 aromatic rings. The summed E-state index contributed by atoms with van der Waals surface area (Å²) in [6.45, 7) is 1.66. The smallest absolute Gasteiger partial charge is 0.416 e. The van der Waals surface area contributed by atoms with Crippen LogP contribution in [0.2, 0.25) is 0 Å². The first kappa shape index (κ1) is 22.8. The van der Waals surface area contributed by atoms with Gasteiger partial charge in [0.2, 0.25) is 0 Å². The number of anilines is 4. The average Bonchev–Trinajstić information content (AvgIpc) is 2.89. The fraction of sp³-hybridized carbons (Fsp3) is 0.125. The molecule has 174 valence electrons. The third-order valence-electron chi connectivity index (χ3n) is 5.32. The monoisotopic (exact) mass is 469 g/mol. The summed E-state index contributed by atoms with van der Waals surface area (Å²) in [5.41, 5.74) is -0.956. The summed E-state index contributed by atoms with van der Waals surface area (Å²) in [5.74, 6) is -1.26. The van der Waals surface area contributed by atoms with Crippen molar-refractivity contribution in [2.75, 3.05) is 21.2 Å². The predicted octanol–water partition coefficient (Wildman–Crippen LogP) is 6.13. The van der Waals surface area contributed by atoms with Gasteiger partial charge in [-0.15, -0.1) is 0 Å². The molecular weight excluding hydrogens is 451 g/mol. The molecule has 0 aromatic heterocycles. The molecule has 3 aromatic carbocycles. The number of carboxylic acids is 1. The Bertz CT molecular complexity index is 1280. The van der Waals surface area contributed by atoms with Gasteiger partial charge in [-0.2, -0.15) is 13.2 Å². The van der Waals surface area contributed by atoms with E-state index in [0.717, 1.165) is 34.1 Å². The minimum Gasteiger partial charge on any atom is -0.478 e. The lowest BCUT2D eigenvalue weighted by Crippen LogP contribution is -2.48. The van der Waals surface area contributed by atoms with Crippen molar-refractivity contribution < 1.29 is 32.7 Å². The number of aromatic carboxylic acids is 1. The van der Waals surface area contributed by atoms with Crippen molar-refractivity contribution >= 4 is 40.8 Å². The number of nitrogens with zero attached hydrogens (tertiary/aromatic N) is 3. The number of hydrogen-bond acceptors (Lipinski definition) is 3. The van der Waals surface area contributed by atoms with Crippen molar-refractivity contribution in [2.24, 2.45) is 0 Å². The lowest BCUT2D eigenvalue weighted by molar-refractivity contribution is -0.137. The fourth-order valence-electron chi connectivity index (χ4n) is 3.75. The fourth-order valence-corrected chi connectivity index (χ4v) is 3.75. The molecule has 0 unspecified atom stereocenters. The van der Waals surface area contributed by atoms with Crippen LogP contribution in [0.4, 0.5) is 45.5 Å². The molecule has 0 atom stereocenters. The number of halogens is 3. The molecule has 34 heavy (non-hydrogen) atoms. The summed E-state index contributed by atoms with van der Waals surface area (Å²) in [6.07, 6.45) is -4.68. The number of carbonyl (C=O) groups is 3. The maximum atomic E-state index is 13.8. The van der Waals surface area contributed by atoms with Gasteiger partial charge >= 0.3 is 24.2 Å². The van der Waals surface area contributed by atoms with E-state index in [4.69, 9.17) is 0 Å². The zero-order chi connectivity index (χ0) is 24.6. The second kappa shape index (κ2) is 8.54. The molecule has 0 spiro atoms. The van der Waals surface area contributed by atoms with Crippen LogP contribution < -0.4 is 14.7 Å². The highest BCUT2D eigenvalue weighted by molar-refractivity contribution is 6.28. The number of rotatable bonds is 4. The summed E-state index contributed by atoms with van der Waals surface area (Å²) in [6, 6.07) is 14.2. The normalized spacial score (nSPS) is 14.2. The molecule has 4 rings (SSSR count). The van der Waals surface area contributed by atoms with Gasteiger partial charge in [-0.3, -0.25) is 9.80 Å². The topological polar surface area (TPSA) is 81.2 Å². The highest BCUT2D eigenvalue weighted by atomic mass is 19.4. The van der Waals surface area contributed by atoms with Crippen molar-refractivity contribution in [2.45, 2.75) is 13.1 Å². The molecule has 10 heteroatoms. The lowest BCUT2D eigenvalue weighted by Gasteiger charge is -2.27. The number of benzene rings is 3. The van der Waals surface area contributed by atoms with E-state index in [1.807, 2.05) is 0 Å². The summed E-state index contributed by atoms with van der Waals surface area (Å²) < 4.78 is 40.7. The van der Waals surface area contributed by atoms with Crippen LogP contribution >= 0.6 is 0 Å². The van der Waals surface area contributed by atoms with E-state index < -0.39 is 29.8 Å². The molecule has 0 aliphatic carbocycles. The van der Waals surface area contributed by atoms with Crippen LogP contribution in [0.25, 0.3) is 0 Å². The first-order valence-corrected chi connectivity index (χ1v) is 10.2. The Labute approximate surface area is 192 Å². The van der Waals surface area contributed by atoms with Gasteiger partial charge in [-0.1, -0.05) is 24.3 Å². The molecule has 0 fully saturated rings. The van der Waals surface area contributed by atoms with Gasteiger partial charge in [0.1, 0.15) is 0 Å². The van der Waals surface area contributed by atoms with Crippen molar-refractivity contribution in [3.05, 3.63) is 83.9 Å². The molecule has 1 heterocycles. The molecule has 7 nitrogen and oxygen atoms in total. The highest BCUT2D eigenvalue weighted by Gasteiger charge is 2.41.